The summed E-state index contributed by atoms with van der Waals surface area (Å²) >= 11 is 0. The Kier molecular flexibility index (Phi) is 4.94. The number of nitrogens with one attached hydrogen (secondary N) is 2. The van der Waals surface area contributed by atoms with Crippen molar-refractivity contribution < 1.29 is 13.6 Å². The molecule has 0 radical (unpaired) electrons. The second-order valence-electron chi connectivity index (χ2n) is 5.22. The van der Waals surface area contributed by atoms with Crippen LogP contribution in [0.2, 0.25) is 0 Å². The Morgan fingerprint density at radius 1 is 0.920 bits per heavy atom. The van der Waals surface area contributed by atoms with Gasteiger partial charge in [0.1, 0.15) is 11.6 Å². The van der Waals surface area contributed by atoms with Gasteiger partial charge in [0.2, 0.25) is 0 Å². The molecule has 25 heavy (non-hydrogen) atoms. The second-order valence-corrected chi connectivity index (χ2v) is 5.22. The van der Waals surface area contributed by atoms with Crippen molar-refractivity contribution in [2.75, 3.05) is 5.32 Å². The number of para-hydroxylation sites is 1. The zero-order valence-electron chi connectivity index (χ0n) is 13.0. The Hall–Kier alpha value is -3.35. The number of aromatic nitrogens is 2. The number of halogens is 2. The average molecular weight is 340 g/mol. The first kappa shape index (κ1) is 16.5. The summed E-state index contributed by atoms with van der Waals surface area (Å²) < 4.78 is 26.4. The van der Waals surface area contributed by atoms with E-state index in [4.69, 9.17) is 0 Å². The fourth-order valence-corrected chi connectivity index (χ4v) is 2.10. The van der Waals surface area contributed by atoms with Crippen molar-refractivity contribution in [1.29, 1.82) is 0 Å². The van der Waals surface area contributed by atoms with Gasteiger partial charge in [-0.15, -0.1) is 10.2 Å². The number of rotatable bonds is 5. The van der Waals surface area contributed by atoms with Crippen LogP contribution in [0.3, 0.4) is 0 Å². The van der Waals surface area contributed by atoms with Crippen molar-refractivity contribution in [1.82, 2.24) is 15.5 Å². The molecule has 5 nitrogen and oxygen atoms in total. The van der Waals surface area contributed by atoms with Gasteiger partial charge in [0.15, 0.2) is 11.5 Å². The van der Waals surface area contributed by atoms with Crippen molar-refractivity contribution in [3.63, 3.8) is 0 Å². The van der Waals surface area contributed by atoms with Crippen LogP contribution < -0.4 is 10.6 Å². The van der Waals surface area contributed by atoms with Crippen molar-refractivity contribution in [3.05, 3.63) is 83.6 Å². The van der Waals surface area contributed by atoms with E-state index in [2.05, 4.69) is 20.8 Å². The Morgan fingerprint density at radius 2 is 1.68 bits per heavy atom. The molecule has 0 spiro atoms. The Morgan fingerprint density at radius 3 is 2.36 bits per heavy atom. The summed E-state index contributed by atoms with van der Waals surface area (Å²) in [6, 6.07) is 15.0. The minimum absolute atomic E-state index is 0.126. The van der Waals surface area contributed by atoms with Crippen molar-refractivity contribution in [3.8, 4) is 0 Å². The first-order valence-electron chi connectivity index (χ1n) is 7.50. The van der Waals surface area contributed by atoms with E-state index in [1.165, 1.54) is 30.3 Å². The molecular weight excluding hydrogens is 326 g/mol. The number of nitrogens with zero attached hydrogens (tertiary/aromatic N) is 2. The van der Waals surface area contributed by atoms with Gasteiger partial charge in [-0.05, 0) is 42.0 Å². The average Bonchev–Trinajstić information content (AvgIpc) is 2.63. The zero-order valence-corrected chi connectivity index (χ0v) is 13.0. The van der Waals surface area contributed by atoms with Crippen molar-refractivity contribution in [2.45, 2.75) is 6.54 Å². The Labute approximate surface area is 142 Å². The third-order valence-electron chi connectivity index (χ3n) is 3.40. The zero-order chi connectivity index (χ0) is 17.6. The Bertz CT molecular complexity index is 867. The fourth-order valence-electron chi connectivity index (χ4n) is 2.10. The van der Waals surface area contributed by atoms with E-state index in [1.807, 2.05) is 0 Å². The van der Waals surface area contributed by atoms with Crippen molar-refractivity contribution in [2.24, 2.45) is 0 Å². The van der Waals surface area contributed by atoms with Gasteiger partial charge in [-0.1, -0.05) is 24.3 Å². The first-order valence-corrected chi connectivity index (χ1v) is 7.50. The predicted octanol–water partition coefficient (Wildman–Crippen LogP) is 3.43. The van der Waals surface area contributed by atoms with E-state index in [0.29, 0.717) is 5.82 Å². The normalized spacial score (nSPS) is 10.3. The highest BCUT2D eigenvalue weighted by Crippen LogP contribution is 2.17. The van der Waals surface area contributed by atoms with Crippen LogP contribution in [0.5, 0.6) is 0 Å². The fraction of sp³-hybridized carbons (Fsp3) is 0.0556. The molecule has 0 saturated carbocycles. The maximum absolute atomic E-state index is 13.6. The minimum atomic E-state index is -0.412. The van der Waals surface area contributed by atoms with Crippen LogP contribution in [0.25, 0.3) is 0 Å². The number of anilines is 2. The smallest absolute Gasteiger partial charge is 0.272 e. The molecule has 0 aliphatic heterocycles. The SMILES string of the molecule is O=C(NCc1ccc(F)cc1)c1ccc(Nc2ccccc2F)nn1. The van der Waals surface area contributed by atoms with Gasteiger partial charge in [0.25, 0.3) is 5.91 Å². The highest BCUT2D eigenvalue weighted by Gasteiger charge is 2.09. The van der Waals surface area contributed by atoms with Gasteiger partial charge >= 0.3 is 0 Å². The molecule has 3 aromatic rings. The number of carbonyl (C=O) groups is 1. The number of hydrogen-bond acceptors (Lipinski definition) is 4. The molecule has 0 unspecified atom stereocenters. The maximum atomic E-state index is 13.6. The summed E-state index contributed by atoms with van der Waals surface area (Å²) in [4.78, 5) is 12.0. The van der Waals surface area contributed by atoms with E-state index in [1.54, 1.807) is 30.3 Å². The lowest BCUT2D eigenvalue weighted by Gasteiger charge is -2.07. The number of benzene rings is 2. The number of amides is 1. The molecule has 0 saturated heterocycles. The van der Waals surface area contributed by atoms with Gasteiger partial charge in [0, 0.05) is 6.54 Å². The summed E-state index contributed by atoms with van der Waals surface area (Å²) in [7, 11) is 0. The van der Waals surface area contributed by atoms with Crippen LogP contribution in [-0.4, -0.2) is 16.1 Å². The molecule has 1 aromatic heterocycles. The van der Waals surface area contributed by atoms with Crippen LogP contribution in [0.4, 0.5) is 20.3 Å². The van der Waals surface area contributed by atoms with Gasteiger partial charge in [-0.25, -0.2) is 8.78 Å². The van der Waals surface area contributed by atoms with Crippen LogP contribution in [0.15, 0.2) is 60.7 Å². The highest BCUT2D eigenvalue weighted by molar-refractivity contribution is 5.92. The van der Waals surface area contributed by atoms with E-state index in [-0.39, 0.29) is 23.7 Å². The van der Waals surface area contributed by atoms with E-state index in [9.17, 15) is 13.6 Å². The molecule has 7 heteroatoms. The number of hydrogen-bond donors (Lipinski definition) is 2. The molecule has 3 rings (SSSR count). The molecule has 2 N–H and O–H groups in total. The quantitative estimate of drug-likeness (QED) is 0.747. The van der Waals surface area contributed by atoms with Gasteiger partial charge in [-0.2, -0.15) is 0 Å². The van der Waals surface area contributed by atoms with Crippen LogP contribution in [0, 0.1) is 11.6 Å². The standard InChI is InChI=1S/C18H14F2N4O/c19-13-7-5-12(6-8-13)11-21-18(25)16-9-10-17(24-23-16)22-15-4-2-1-3-14(15)20/h1-10H,11H2,(H,21,25)(H,22,24). The highest BCUT2D eigenvalue weighted by atomic mass is 19.1. The van der Waals surface area contributed by atoms with Gasteiger partial charge in [-0.3, -0.25) is 4.79 Å². The second kappa shape index (κ2) is 7.48. The van der Waals surface area contributed by atoms with E-state index >= 15 is 0 Å². The topological polar surface area (TPSA) is 66.9 Å². The summed E-state index contributed by atoms with van der Waals surface area (Å²) in [5.74, 6) is -0.834. The Balaban J connectivity index is 1.60. The lowest BCUT2D eigenvalue weighted by Crippen LogP contribution is -2.24. The summed E-state index contributed by atoms with van der Waals surface area (Å²) in [6.07, 6.45) is 0. The van der Waals surface area contributed by atoms with E-state index in [0.717, 1.165) is 5.56 Å². The van der Waals surface area contributed by atoms with Crippen LogP contribution in [-0.2, 0) is 6.54 Å². The summed E-state index contributed by atoms with van der Waals surface area (Å²) in [5.41, 5.74) is 1.16. The molecular formula is C18H14F2N4O. The third-order valence-corrected chi connectivity index (χ3v) is 3.40. The molecule has 126 valence electrons. The monoisotopic (exact) mass is 340 g/mol. The first-order chi connectivity index (χ1) is 12.1. The summed E-state index contributed by atoms with van der Waals surface area (Å²) in [6.45, 7) is 0.246. The molecule has 0 aliphatic carbocycles. The molecule has 0 aliphatic rings. The minimum Gasteiger partial charge on any atom is -0.347 e. The maximum Gasteiger partial charge on any atom is 0.272 e. The summed E-state index contributed by atoms with van der Waals surface area (Å²) in [5, 5.41) is 13.1. The molecule has 0 bridgehead atoms. The molecule has 0 fully saturated rings. The van der Waals surface area contributed by atoms with Crippen molar-refractivity contribution >= 4 is 17.4 Å². The van der Waals surface area contributed by atoms with Gasteiger partial charge in [0.05, 0.1) is 5.69 Å². The molecule has 1 heterocycles. The third kappa shape index (κ3) is 4.35. The van der Waals surface area contributed by atoms with Crippen LogP contribution in [0.1, 0.15) is 16.1 Å². The molecule has 2 aromatic carbocycles. The predicted molar refractivity (Wildman–Crippen MR) is 89.3 cm³/mol. The lowest BCUT2D eigenvalue weighted by atomic mass is 10.2. The molecule has 1 amide bonds. The largest absolute Gasteiger partial charge is 0.347 e. The van der Waals surface area contributed by atoms with E-state index < -0.39 is 11.7 Å². The lowest BCUT2D eigenvalue weighted by molar-refractivity contribution is 0.0945. The van der Waals surface area contributed by atoms with Crippen LogP contribution >= 0.6 is 0 Å². The van der Waals surface area contributed by atoms with Gasteiger partial charge < -0.3 is 10.6 Å². The number of carbonyl (C=O) groups excluding carboxylic acids is 1. The molecule has 0 atom stereocenters.